The first-order valence-electron chi connectivity index (χ1n) is 13.2. The minimum Gasteiger partial charge on any atom is -0.490 e. The van der Waals surface area contributed by atoms with Gasteiger partial charge in [-0.05, 0) is 102 Å². The summed E-state index contributed by atoms with van der Waals surface area (Å²) in [6, 6.07) is 24.2. The largest absolute Gasteiger partial charge is 0.490 e. The van der Waals surface area contributed by atoms with Gasteiger partial charge in [0, 0.05) is 5.69 Å². The standard InChI is InChI=1S/C32H28BrN3O5S/c1-3-39-27-17-22(16-26(33)30(27)41-20-29(37)34-24-13-11-21(2)12-14-24)18-28-31(38)36(19-25-10-7-15-40-25)32(42-28)35-23-8-5-4-6-9-23/h4-18H,3,19-20H2,1-2H3,(H,34,37). The lowest BCUT2D eigenvalue weighted by Crippen LogP contribution is -2.28. The number of rotatable bonds is 10. The van der Waals surface area contributed by atoms with Crippen LogP contribution in [0.5, 0.6) is 11.5 Å². The second-order valence-corrected chi connectivity index (χ2v) is 11.1. The van der Waals surface area contributed by atoms with E-state index in [1.54, 1.807) is 29.4 Å². The molecule has 0 spiro atoms. The number of nitrogens with one attached hydrogen (secondary N) is 1. The highest BCUT2D eigenvalue weighted by Crippen LogP contribution is 2.40. The number of furan rings is 1. The van der Waals surface area contributed by atoms with Gasteiger partial charge in [-0.3, -0.25) is 14.5 Å². The molecule has 0 saturated carbocycles. The number of ether oxygens (including phenoxy) is 2. The molecule has 1 aromatic heterocycles. The van der Waals surface area contributed by atoms with Gasteiger partial charge in [-0.2, -0.15) is 0 Å². The van der Waals surface area contributed by atoms with Crippen LogP contribution in [-0.2, 0) is 16.1 Å². The molecule has 2 amide bonds. The van der Waals surface area contributed by atoms with Crippen LogP contribution in [0.1, 0.15) is 23.8 Å². The van der Waals surface area contributed by atoms with Crippen LogP contribution in [0.3, 0.4) is 0 Å². The van der Waals surface area contributed by atoms with Gasteiger partial charge in [0.1, 0.15) is 5.76 Å². The fraction of sp³-hybridized carbons (Fsp3) is 0.156. The molecule has 5 rings (SSSR count). The summed E-state index contributed by atoms with van der Waals surface area (Å²) in [4.78, 5) is 32.9. The van der Waals surface area contributed by atoms with E-state index in [1.807, 2.05) is 80.6 Å². The summed E-state index contributed by atoms with van der Waals surface area (Å²) in [5.74, 6) is 1.01. The van der Waals surface area contributed by atoms with Crippen molar-refractivity contribution in [3.05, 3.63) is 111 Å². The maximum absolute atomic E-state index is 13.5. The van der Waals surface area contributed by atoms with Crippen molar-refractivity contribution in [1.29, 1.82) is 0 Å². The first kappa shape index (κ1) is 29.2. The van der Waals surface area contributed by atoms with Crippen molar-refractivity contribution >= 4 is 62.1 Å². The predicted octanol–water partition coefficient (Wildman–Crippen LogP) is 7.57. The molecule has 0 bridgehead atoms. The Bertz CT molecular complexity index is 1620. The topological polar surface area (TPSA) is 93.4 Å². The lowest BCUT2D eigenvalue weighted by atomic mass is 10.1. The highest BCUT2D eigenvalue weighted by Gasteiger charge is 2.34. The number of nitrogens with zero attached hydrogens (tertiary/aromatic N) is 2. The normalized spacial score (nSPS) is 14.9. The van der Waals surface area contributed by atoms with Crippen LogP contribution < -0.4 is 14.8 Å². The zero-order chi connectivity index (χ0) is 29.5. The Morgan fingerprint density at radius 2 is 1.86 bits per heavy atom. The van der Waals surface area contributed by atoms with E-state index in [9.17, 15) is 9.59 Å². The van der Waals surface area contributed by atoms with Gasteiger partial charge < -0.3 is 19.2 Å². The maximum atomic E-state index is 13.5. The average molecular weight is 647 g/mol. The zero-order valence-electron chi connectivity index (χ0n) is 23.0. The third kappa shape index (κ3) is 7.32. The number of hydrogen-bond acceptors (Lipinski definition) is 7. The number of aliphatic imine (C=N–C) groups is 1. The van der Waals surface area contributed by atoms with Crippen LogP contribution in [0.15, 0.2) is 104 Å². The third-order valence-electron chi connectivity index (χ3n) is 6.08. The van der Waals surface area contributed by atoms with E-state index in [2.05, 4.69) is 21.2 Å². The van der Waals surface area contributed by atoms with Crippen molar-refractivity contribution in [2.45, 2.75) is 20.4 Å². The number of thioether (sulfide) groups is 1. The highest BCUT2D eigenvalue weighted by atomic mass is 79.9. The Hall–Kier alpha value is -4.28. The van der Waals surface area contributed by atoms with Crippen molar-refractivity contribution in [1.82, 2.24) is 4.90 Å². The SMILES string of the molecule is CCOc1cc(C=C2SC(=Nc3ccccc3)N(Cc3ccco3)C2=O)cc(Br)c1OCC(=O)Nc1ccc(C)cc1. The lowest BCUT2D eigenvalue weighted by Gasteiger charge is -2.15. The number of amidine groups is 1. The number of carbonyl (C=O) groups is 2. The summed E-state index contributed by atoms with van der Waals surface area (Å²) < 4.78 is 17.8. The third-order valence-corrected chi connectivity index (χ3v) is 7.67. The summed E-state index contributed by atoms with van der Waals surface area (Å²) in [7, 11) is 0. The number of para-hydroxylation sites is 1. The zero-order valence-corrected chi connectivity index (χ0v) is 25.4. The molecular formula is C32H28BrN3O5S. The van der Waals surface area contributed by atoms with Crippen molar-refractivity contribution in [2.24, 2.45) is 4.99 Å². The van der Waals surface area contributed by atoms with Crippen LogP contribution in [-0.4, -0.2) is 35.1 Å². The van der Waals surface area contributed by atoms with Crippen LogP contribution >= 0.6 is 27.7 Å². The van der Waals surface area contributed by atoms with Crippen molar-refractivity contribution in [3.63, 3.8) is 0 Å². The lowest BCUT2D eigenvalue weighted by molar-refractivity contribution is -0.122. The highest BCUT2D eigenvalue weighted by molar-refractivity contribution is 9.10. The molecule has 10 heteroatoms. The molecule has 1 N–H and O–H groups in total. The molecular weight excluding hydrogens is 618 g/mol. The van der Waals surface area contributed by atoms with Crippen LogP contribution in [0.2, 0.25) is 0 Å². The second kappa shape index (κ2) is 13.6. The number of halogens is 1. The van der Waals surface area contributed by atoms with E-state index in [1.165, 1.54) is 11.8 Å². The molecule has 1 aliphatic heterocycles. The number of hydrogen-bond donors (Lipinski definition) is 1. The molecule has 1 fully saturated rings. The van der Waals surface area contributed by atoms with Gasteiger partial charge in [-0.15, -0.1) is 0 Å². The van der Waals surface area contributed by atoms with E-state index in [0.29, 0.717) is 44.1 Å². The fourth-order valence-electron chi connectivity index (χ4n) is 4.10. The van der Waals surface area contributed by atoms with Gasteiger partial charge in [-0.25, -0.2) is 4.99 Å². The number of amides is 2. The molecule has 1 saturated heterocycles. The maximum Gasteiger partial charge on any atom is 0.267 e. The Morgan fingerprint density at radius 3 is 2.57 bits per heavy atom. The van der Waals surface area contributed by atoms with Gasteiger partial charge in [-0.1, -0.05) is 35.9 Å². The van der Waals surface area contributed by atoms with Crippen LogP contribution in [0.4, 0.5) is 11.4 Å². The molecule has 1 aliphatic rings. The molecule has 3 aromatic carbocycles. The smallest absolute Gasteiger partial charge is 0.267 e. The predicted molar refractivity (Wildman–Crippen MR) is 169 cm³/mol. The number of anilines is 1. The van der Waals surface area contributed by atoms with Crippen LogP contribution in [0, 0.1) is 6.92 Å². The Labute approximate surface area is 256 Å². The van der Waals surface area contributed by atoms with E-state index in [4.69, 9.17) is 18.9 Å². The molecule has 0 aliphatic carbocycles. The molecule has 4 aromatic rings. The summed E-state index contributed by atoms with van der Waals surface area (Å²) in [6.45, 7) is 4.28. The van der Waals surface area contributed by atoms with Gasteiger partial charge in [0.15, 0.2) is 23.3 Å². The molecule has 42 heavy (non-hydrogen) atoms. The average Bonchev–Trinajstić information content (AvgIpc) is 3.59. The summed E-state index contributed by atoms with van der Waals surface area (Å²) in [5, 5.41) is 3.38. The molecule has 214 valence electrons. The molecule has 0 atom stereocenters. The first-order chi connectivity index (χ1) is 20.4. The molecule has 0 radical (unpaired) electrons. The molecule has 8 nitrogen and oxygen atoms in total. The van der Waals surface area contributed by atoms with Crippen molar-refractivity contribution in [3.8, 4) is 11.5 Å². The number of benzene rings is 3. The van der Waals surface area contributed by atoms with Gasteiger partial charge in [0.25, 0.3) is 11.8 Å². The summed E-state index contributed by atoms with van der Waals surface area (Å²) >= 11 is 4.85. The van der Waals surface area contributed by atoms with Gasteiger partial charge in [0.05, 0.1) is 34.5 Å². The first-order valence-corrected chi connectivity index (χ1v) is 14.8. The van der Waals surface area contributed by atoms with Crippen molar-refractivity contribution in [2.75, 3.05) is 18.5 Å². The Morgan fingerprint density at radius 1 is 1.07 bits per heavy atom. The molecule has 2 heterocycles. The van der Waals surface area contributed by atoms with E-state index in [-0.39, 0.29) is 25.0 Å². The van der Waals surface area contributed by atoms with E-state index >= 15 is 0 Å². The summed E-state index contributed by atoms with van der Waals surface area (Å²) in [5.41, 5.74) is 3.26. The van der Waals surface area contributed by atoms with E-state index < -0.39 is 0 Å². The Balaban J connectivity index is 1.37. The van der Waals surface area contributed by atoms with E-state index in [0.717, 1.165) is 16.8 Å². The summed E-state index contributed by atoms with van der Waals surface area (Å²) in [6.07, 6.45) is 3.37. The second-order valence-electron chi connectivity index (χ2n) is 9.28. The number of aryl methyl sites for hydroxylation is 1. The van der Waals surface area contributed by atoms with Gasteiger partial charge >= 0.3 is 0 Å². The molecule has 0 unspecified atom stereocenters. The number of carbonyl (C=O) groups excluding carboxylic acids is 2. The van der Waals surface area contributed by atoms with Gasteiger partial charge in [0.2, 0.25) is 0 Å². The minimum atomic E-state index is -0.297. The Kier molecular flexibility index (Phi) is 9.45. The quantitative estimate of drug-likeness (QED) is 0.179. The minimum absolute atomic E-state index is 0.187. The van der Waals surface area contributed by atoms with Crippen molar-refractivity contribution < 1.29 is 23.5 Å². The monoisotopic (exact) mass is 645 g/mol. The fourth-order valence-corrected chi connectivity index (χ4v) is 5.67. The van der Waals surface area contributed by atoms with Crippen LogP contribution in [0.25, 0.3) is 6.08 Å².